The molecule has 0 bridgehead atoms. The second-order valence-corrected chi connectivity index (χ2v) is 2.40. The molecular weight excluding hydrogens is 190 g/mol. The van der Waals surface area contributed by atoms with Crippen molar-refractivity contribution in [2.75, 3.05) is 0 Å². The molecule has 0 heterocycles. The SMILES string of the molecule is NC(N)=N/N=C/c1c(F)cccc1F. The van der Waals surface area contributed by atoms with Crippen LogP contribution < -0.4 is 11.5 Å². The van der Waals surface area contributed by atoms with Crippen molar-refractivity contribution in [2.45, 2.75) is 0 Å². The summed E-state index contributed by atoms with van der Waals surface area (Å²) in [4.78, 5) is 0. The van der Waals surface area contributed by atoms with E-state index in [1.54, 1.807) is 0 Å². The minimum Gasteiger partial charge on any atom is -0.369 e. The van der Waals surface area contributed by atoms with Crippen LogP contribution >= 0.6 is 0 Å². The van der Waals surface area contributed by atoms with Gasteiger partial charge in [-0.1, -0.05) is 6.07 Å². The van der Waals surface area contributed by atoms with Crippen molar-refractivity contribution in [1.29, 1.82) is 0 Å². The second kappa shape index (κ2) is 4.31. The molecule has 1 rings (SSSR count). The molecule has 74 valence electrons. The number of guanidine groups is 1. The molecule has 0 aromatic heterocycles. The highest BCUT2D eigenvalue weighted by molar-refractivity contribution is 5.82. The maximum absolute atomic E-state index is 12.9. The summed E-state index contributed by atoms with van der Waals surface area (Å²) in [6.45, 7) is 0. The molecule has 1 aromatic carbocycles. The van der Waals surface area contributed by atoms with Crippen molar-refractivity contribution in [1.82, 2.24) is 0 Å². The average molecular weight is 198 g/mol. The zero-order valence-corrected chi connectivity index (χ0v) is 7.11. The third-order valence-electron chi connectivity index (χ3n) is 1.36. The maximum atomic E-state index is 12.9. The molecular formula is C8H8F2N4. The molecule has 4 nitrogen and oxygen atoms in total. The number of benzene rings is 1. The Hall–Kier alpha value is -1.98. The van der Waals surface area contributed by atoms with Crippen molar-refractivity contribution in [2.24, 2.45) is 21.7 Å². The number of rotatable bonds is 2. The van der Waals surface area contributed by atoms with Crippen LogP contribution in [0.1, 0.15) is 5.56 Å². The molecule has 0 radical (unpaired) electrons. The Morgan fingerprint density at radius 3 is 2.29 bits per heavy atom. The lowest BCUT2D eigenvalue weighted by Gasteiger charge is -1.95. The Bertz CT molecular complexity index is 363. The highest BCUT2D eigenvalue weighted by Crippen LogP contribution is 2.08. The van der Waals surface area contributed by atoms with Gasteiger partial charge < -0.3 is 11.5 Å². The zero-order valence-electron chi connectivity index (χ0n) is 7.11. The Morgan fingerprint density at radius 2 is 1.79 bits per heavy atom. The van der Waals surface area contributed by atoms with E-state index in [1.165, 1.54) is 6.07 Å². The van der Waals surface area contributed by atoms with Gasteiger partial charge in [0.15, 0.2) is 0 Å². The van der Waals surface area contributed by atoms with Crippen molar-refractivity contribution in [3.8, 4) is 0 Å². The van der Waals surface area contributed by atoms with Crippen molar-refractivity contribution < 1.29 is 8.78 Å². The maximum Gasteiger partial charge on any atom is 0.211 e. The average Bonchev–Trinajstić information content (AvgIpc) is 2.09. The molecule has 0 aliphatic rings. The molecule has 0 atom stereocenters. The number of hydrogen-bond donors (Lipinski definition) is 2. The molecule has 6 heteroatoms. The van der Waals surface area contributed by atoms with Gasteiger partial charge >= 0.3 is 0 Å². The first-order valence-corrected chi connectivity index (χ1v) is 3.67. The minimum atomic E-state index is -0.723. The van der Waals surface area contributed by atoms with E-state index in [0.29, 0.717) is 0 Å². The highest BCUT2D eigenvalue weighted by Gasteiger charge is 2.04. The van der Waals surface area contributed by atoms with Crippen LogP contribution in [0.15, 0.2) is 28.4 Å². The number of hydrogen-bond acceptors (Lipinski definition) is 2. The monoisotopic (exact) mass is 198 g/mol. The number of nitrogens with zero attached hydrogens (tertiary/aromatic N) is 2. The van der Waals surface area contributed by atoms with Gasteiger partial charge in [-0.15, -0.1) is 5.10 Å². The summed E-state index contributed by atoms with van der Waals surface area (Å²) >= 11 is 0. The van der Waals surface area contributed by atoms with Gasteiger partial charge in [-0.3, -0.25) is 0 Å². The molecule has 14 heavy (non-hydrogen) atoms. The number of nitrogens with two attached hydrogens (primary N) is 2. The van der Waals surface area contributed by atoms with E-state index >= 15 is 0 Å². The third-order valence-corrected chi connectivity index (χ3v) is 1.36. The molecule has 0 aliphatic carbocycles. The first kappa shape index (κ1) is 10.1. The molecule has 0 fully saturated rings. The number of halogens is 2. The fourth-order valence-electron chi connectivity index (χ4n) is 0.787. The summed E-state index contributed by atoms with van der Waals surface area (Å²) in [5, 5.41) is 6.51. The van der Waals surface area contributed by atoms with E-state index in [2.05, 4.69) is 10.2 Å². The fraction of sp³-hybridized carbons (Fsp3) is 0. The zero-order chi connectivity index (χ0) is 10.6. The fourth-order valence-corrected chi connectivity index (χ4v) is 0.787. The first-order chi connectivity index (χ1) is 6.61. The Labute approximate surface area is 78.9 Å². The smallest absolute Gasteiger partial charge is 0.211 e. The van der Waals surface area contributed by atoms with Crippen LogP contribution in [0.25, 0.3) is 0 Å². The molecule has 4 N–H and O–H groups in total. The largest absolute Gasteiger partial charge is 0.369 e. The topological polar surface area (TPSA) is 76.8 Å². The van der Waals surface area contributed by atoms with Crippen LogP contribution in [0.2, 0.25) is 0 Å². The lowest BCUT2D eigenvalue weighted by Crippen LogP contribution is -2.21. The van der Waals surface area contributed by atoms with Crippen LogP contribution in [0, 0.1) is 11.6 Å². The lowest BCUT2D eigenvalue weighted by atomic mass is 10.2. The normalized spacial score (nSPS) is 10.4. The van der Waals surface area contributed by atoms with Gasteiger partial charge in [0.25, 0.3) is 0 Å². The van der Waals surface area contributed by atoms with Crippen LogP contribution in [0.4, 0.5) is 8.78 Å². The predicted octanol–water partition coefficient (Wildman–Crippen LogP) is 0.572. The van der Waals surface area contributed by atoms with Gasteiger partial charge in [0.2, 0.25) is 5.96 Å². The highest BCUT2D eigenvalue weighted by atomic mass is 19.1. The summed E-state index contributed by atoms with van der Waals surface area (Å²) in [5.74, 6) is -1.72. The molecule has 0 saturated carbocycles. The van der Waals surface area contributed by atoms with E-state index in [1.807, 2.05) is 0 Å². The van der Waals surface area contributed by atoms with Crippen molar-refractivity contribution >= 4 is 12.2 Å². The summed E-state index contributed by atoms with van der Waals surface area (Å²) in [7, 11) is 0. The van der Waals surface area contributed by atoms with Crippen molar-refractivity contribution in [3.63, 3.8) is 0 Å². The molecule has 0 unspecified atom stereocenters. The summed E-state index contributed by atoms with van der Waals surface area (Å²) < 4.78 is 25.9. The van der Waals surface area contributed by atoms with E-state index in [9.17, 15) is 8.78 Å². The van der Waals surface area contributed by atoms with Gasteiger partial charge in [0.1, 0.15) is 11.6 Å². The molecule has 0 aliphatic heterocycles. The van der Waals surface area contributed by atoms with Crippen LogP contribution in [0.3, 0.4) is 0 Å². The van der Waals surface area contributed by atoms with E-state index in [0.717, 1.165) is 18.3 Å². The summed E-state index contributed by atoms with van der Waals surface area (Å²) in [6.07, 6.45) is 0.907. The molecule has 0 saturated heterocycles. The molecule has 1 aromatic rings. The van der Waals surface area contributed by atoms with Gasteiger partial charge in [0.05, 0.1) is 11.8 Å². The summed E-state index contributed by atoms with van der Waals surface area (Å²) in [6, 6.07) is 3.47. The van der Waals surface area contributed by atoms with Crippen LogP contribution in [-0.2, 0) is 0 Å². The van der Waals surface area contributed by atoms with E-state index < -0.39 is 11.6 Å². The first-order valence-electron chi connectivity index (χ1n) is 3.67. The van der Waals surface area contributed by atoms with E-state index in [-0.39, 0.29) is 11.5 Å². The van der Waals surface area contributed by atoms with Crippen molar-refractivity contribution in [3.05, 3.63) is 35.4 Å². The standard InChI is InChI=1S/C8H8F2N4/c9-6-2-1-3-7(10)5(6)4-13-14-8(11)12/h1-4H,(H4,11,12,14)/b13-4+. The van der Waals surface area contributed by atoms with Gasteiger partial charge in [-0.05, 0) is 12.1 Å². The van der Waals surface area contributed by atoms with Gasteiger partial charge in [-0.25, -0.2) is 8.78 Å². The lowest BCUT2D eigenvalue weighted by molar-refractivity contribution is 0.580. The third kappa shape index (κ3) is 2.51. The van der Waals surface area contributed by atoms with Gasteiger partial charge in [-0.2, -0.15) is 5.10 Å². The quantitative estimate of drug-likeness (QED) is 0.414. The van der Waals surface area contributed by atoms with Gasteiger partial charge in [0, 0.05) is 0 Å². The Morgan fingerprint density at radius 1 is 1.21 bits per heavy atom. The summed E-state index contributed by atoms with van der Waals surface area (Å²) in [5.41, 5.74) is 9.64. The minimum absolute atomic E-state index is 0.280. The molecule has 0 amide bonds. The Kier molecular flexibility index (Phi) is 3.11. The predicted molar refractivity (Wildman–Crippen MR) is 49.8 cm³/mol. The van der Waals surface area contributed by atoms with Crippen LogP contribution in [-0.4, -0.2) is 12.2 Å². The van der Waals surface area contributed by atoms with Crippen LogP contribution in [0.5, 0.6) is 0 Å². The van der Waals surface area contributed by atoms with E-state index in [4.69, 9.17) is 11.5 Å². The second-order valence-electron chi connectivity index (χ2n) is 2.40. The Balaban J connectivity index is 2.97. The molecule has 0 spiro atoms.